The lowest BCUT2D eigenvalue weighted by atomic mass is 10.2. The highest BCUT2D eigenvalue weighted by atomic mass is 35.5. The highest BCUT2D eigenvalue weighted by Gasteiger charge is 2.10. The molecule has 2 rings (SSSR count). The second kappa shape index (κ2) is 4.76. The van der Waals surface area contributed by atoms with Gasteiger partial charge in [-0.2, -0.15) is 0 Å². The normalized spacial score (nSPS) is 10.1. The molecule has 0 spiro atoms. The molecule has 0 radical (unpaired) electrons. The van der Waals surface area contributed by atoms with Gasteiger partial charge in [-0.1, -0.05) is 16.8 Å². The Balaban J connectivity index is 2.01. The smallest absolute Gasteiger partial charge is 0.254 e. The third-order valence-corrected chi connectivity index (χ3v) is 2.22. The summed E-state index contributed by atoms with van der Waals surface area (Å²) in [6.07, 6.45) is 3.04. The zero-order valence-electron chi connectivity index (χ0n) is 8.18. The van der Waals surface area contributed by atoms with E-state index in [4.69, 9.17) is 16.1 Å². The predicted molar refractivity (Wildman–Crippen MR) is 56.9 cm³/mol. The largest absolute Gasteiger partial charge is 0.360 e. The van der Waals surface area contributed by atoms with Crippen LogP contribution in [-0.4, -0.2) is 16.0 Å². The van der Waals surface area contributed by atoms with Gasteiger partial charge < -0.3 is 9.84 Å². The average Bonchev–Trinajstić information content (AvgIpc) is 2.79. The highest BCUT2D eigenvalue weighted by Crippen LogP contribution is 2.11. The average molecular weight is 238 g/mol. The van der Waals surface area contributed by atoms with Crippen LogP contribution in [0.2, 0.25) is 5.15 Å². The van der Waals surface area contributed by atoms with Crippen LogP contribution in [0.1, 0.15) is 16.1 Å². The number of rotatable bonds is 3. The molecular weight excluding hydrogens is 230 g/mol. The first-order valence-electron chi connectivity index (χ1n) is 4.55. The molecule has 6 heteroatoms. The Morgan fingerprint density at radius 2 is 2.31 bits per heavy atom. The summed E-state index contributed by atoms with van der Waals surface area (Å²) in [4.78, 5) is 15.5. The second-order valence-corrected chi connectivity index (χ2v) is 3.36. The van der Waals surface area contributed by atoms with Crippen molar-refractivity contribution in [2.24, 2.45) is 0 Å². The Labute approximate surface area is 96.4 Å². The number of hydrogen-bond acceptors (Lipinski definition) is 4. The van der Waals surface area contributed by atoms with Crippen molar-refractivity contribution in [2.75, 3.05) is 0 Å². The van der Waals surface area contributed by atoms with Gasteiger partial charge >= 0.3 is 0 Å². The van der Waals surface area contributed by atoms with E-state index in [0.717, 1.165) is 0 Å². The monoisotopic (exact) mass is 237 g/mol. The number of pyridine rings is 1. The minimum atomic E-state index is -0.297. The number of carbonyl (C=O) groups is 1. The van der Waals surface area contributed by atoms with Gasteiger partial charge in [-0.3, -0.25) is 4.79 Å². The maximum atomic E-state index is 11.7. The quantitative estimate of drug-likeness (QED) is 0.825. The molecule has 82 valence electrons. The van der Waals surface area contributed by atoms with Gasteiger partial charge in [0.25, 0.3) is 5.91 Å². The number of hydrogen-bond donors (Lipinski definition) is 1. The van der Waals surface area contributed by atoms with Crippen LogP contribution >= 0.6 is 11.6 Å². The van der Waals surface area contributed by atoms with Crippen LogP contribution in [0.3, 0.4) is 0 Å². The Hall–Kier alpha value is -1.88. The summed E-state index contributed by atoms with van der Waals surface area (Å²) in [5.74, 6) is 0.280. The highest BCUT2D eigenvalue weighted by molar-refractivity contribution is 6.32. The molecule has 0 aromatic carbocycles. The fourth-order valence-electron chi connectivity index (χ4n) is 1.15. The molecule has 5 nitrogen and oxygen atoms in total. The molecule has 0 saturated heterocycles. The van der Waals surface area contributed by atoms with E-state index in [-0.39, 0.29) is 17.6 Å². The molecule has 2 heterocycles. The maximum absolute atomic E-state index is 11.7. The second-order valence-electron chi connectivity index (χ2n) is 3.00. The van der Waals surface area contributed by atoms with E-state index in [1.807, 2.05) is 0 Å². The number of aromatic nitrogens is 2. The molecule has 0 bridgehead atoms. The van der Waals surface area contributed by atoms with E-state index in [9.17, 15) is 4.79 Å². The van der Waals surface area contributed by atoms with Crippen molar-refractivity contribution in [1.82, 2.24) is 15.5 Å². The molecular formula is C10H8ClN3O2. The first-order valence-corrected chi connectivity index (χ1v) is 4.93. The van der Waals surface area contributed by atoms with E-state index in [2.05, 4.69) is 15.5 Å². The number of nitrogens with zero attached hydrogens (tertiary/aromatic N) is 2. The van der Waals surface area contributed by atoms with Gasteiger partial charge in [0.05, 0.1) is 18.3 Å². The van der Waals surface area contributed by atoms with Crippen LogP contribution in [0.5, 0.6) is 0 Å². The fourth-order valence-corrected chi connectivity index (χ4v) is 1.36. The summed E-state index contributed by atoms with van der Waals surface area (Å²) < 4.78 is 4.84. The molecule has 0 saturated carbocycles. The lowest BCUT2D eigenvalue weighted by Gasteiger charge is -2.03. The van der Waals surface area contributed by atoms with Gasteiger partial charge in [-0.15, -0.1) is 0 Å². The van der Waals surface area contributed by atoms with Gasteiger partial charge in [0, 0.05) is 12.3 Å². The molecule has 0 aliphatic heterocycles. The first-order chi connectivity index (χ1) is 7.77. The van der Waals surface area contributed by atoms with E-state index < -0.39 is 0 Å². The summed E-state index contributed by atoms with van der Waals surface area (Å²) >= 11 is 5.77. The van der Waals surface area contributed by atoms with Gasteiger partial charge in [0.1, 0.15) is 5.15 Å². The molecule has 1 amide bonds. The summed E-state index contributed by atoms with van der Waals surface area (Å²) in [7, 11) is 0. The van der Waals surface area contributed by atoms with Crippen molar-refractivity contribution in [3.63, 3.8) is 0 Å². The van der Waals surface area contributed by atoms with Crippen molar-refractivity contribution < 1.29 is 9.32 Å². The predicted octanol–water partition coefficient (Wildman–Crippen LogP) is 1.65. The standard InChI is InChI=1S/C10H8ClN3O2/c11-9-8(2-1-4-12-9)10(15)13-6-7-3-5-14-16-7/h1-5H,6H2,(H,13,15). The summed E-state index contributed by atoms with van der Waals surface area (Å²) in [5, 5.41) is 6.35. The third-order valence-electron chi connectivity index (χ3n) is 1.92. The SMILES string of the molecule is O=C(NCc1ccno1)c1cccnc1Cl. The molecule has 0 aliphatic carbocycles. The minimum Gasteiger partial charge on any atom is -0.360 e. The fraction of sp³-hybridized carbons (Fsp3) is 0.100. The lowest BCUT2D eigenvalue weighted by Crippen LogP contribution is -2.23. The number of carbonyl (C=O) groups excluding carboxylic acids is 1. The van der Waals surface area contributed by atoms with Crippen LogP contribution in [-0.2, 0) is 6.54 Å². The molecule has 0 unspecified atom stereocenters. The first kappa shape index (κ1) is 10.6. The van der Waals surface area contributed by atoms with Crippen LogP contribution in [0.15, 0.2) is 35.1 Å². The molecule has 1 N–H and O–H groups in total. The van der Waals surface area contributed by atoms with Crippen LogP contribution in [0, 0.1) is 0 Å². The Morgan fingerprint density at radius 1 is 1.44 bits per heavy atom. The third kappa shape index (κ3) is 2.38. The van der Waals surface area contributed by atoms with Crippen LogP contribution in [0.25, 0.3) is 0 Å². The molecule has 2 aromatic rings. The Bertz CT molecular complexity index is 485. The van der Waals surface area contributed by atoms with Crippen molar-refractivity contribution in [3.8, 4) is 0 Å². The van der Waals surface area contributed by atoms with Crippen molar-refractivity contribution in [1.29, 1.82) is 0 Å². The van der Waals surface area contributed by atoms with Crippen LogP contribution < -0.4 is 5.32 Å². The molecule has 0 fully saturated rings. The van der Waals surface area contributed by atoms with Crippen molar-refractivity contribution in [2.45, 2.75) is 6.54 Å². The van der Waals surface area contributed by atoms with Crippen molar-refractivity contribution >= 4 is 17.5 Å². The Morgan fingerprint density at radius 3 is 3.00 bits per heavy atom. The van der Waals surface area contributed by atoms with Crippen molar-refractivity contribution in [3.05, 3.63) is 47.1 Å². The van der Waals surface area contributed by atoms with E-state index >= 15 is 0 Å². The number of amides is 1. The summed E-state index contributed by atoms with van der Waals surface area (Å²) in [6.45, 7) is 0.268. The lowest BCUT2D eigenvalue weighted by molar-refractivity contribution is 0.0947. The van der Waals surface area contributed by atoms with E-state index in [1.165, 1.54) is 12.4 Å². The molecule has 0 aliphatic rings. The van der Waals surface area contributed by atoms with E-state index in [1.54, 1.807) is 18.2 Å². The Kier molecular flexibility index (Phi) is 3.16. The molecule has 16 heavy (non-hydrogen) atoms. The topological polar surface area (TPSA) is 68.0 Å². The van der Waals surface area contributed by atoms with E-state index in [0.29, 0.717) is 11.3 Å². The zero-order valence-corrected chi connectivity index (χ0v) is 8.94. The van der Waals surface area contributed by atoms with Gasteiger partial charge in [-0.25, -0.2) is 4.98 Å². The minimum absolute atomic E-state index is 0.178. The molecule has 0 atom stereocenters. The summed E-state index contributed by atoms with van der Waals surface area (Å²) in [5.41, 5.74) is 0.337. The van der Waals surface area contributed by atoms with Gasteiger partial charge in [0.15, 0.2) is 5.76 Å². The van der Waals surface area contributed by atoms with Gasteiger partial charge in [0.2, 0.25) is 0 Å². The maximum Gasteiger partial charge on any atom is 0.254 e. The van der Waals surface area contributed by atoms with Gasteiger partial charge in [-0.05, 0) is 12.1 Å². The molecule has 2 aromatic heterocycles. The number of nitrogens with one attached hydrogen (secondary N) is 1. The van der Waals surface area contributed by atoms with Crippen LogP contribution in [0.4, 0.5) is 0 Å². The zero-order chi connectivity index (χ0) is 11.4. The number of halogens is 1. The summed E-state index contributed by atoms with van der Waals surface area (Å²) in [6, 6.07) is 4.92.